The number of hydrogen-bond acceptors (Lipinski definition) is 7. The van der Waals surface area contributed by atoms with Crippen molar-refractivity contribution in [3.63, 3.8) is 0 Å². The third-order valence-electron chi connectivity index (χ3n) is 6.97. The molecule has 6 nitrogen and oxygen atoms in total. The number of hydrogen-bond donors (Lipinski definition) is 1. The number of anilines is 2. The lowest BCUT2D eigenvalue weighted by Crippen LogP contribution is -2.42. The van der Waals surface area contributed by atoms with Crippen molar-refractivity contribution >= 4 is 57.6 Å². The number of amides is 1. The molecule has 3 atom stereocenters. The largest absolute Gasteiger partial charge is 0.467 e. The fourth-order valence-electron chi connectivity index (χ4n) is 5.30. The van der Waals surface area contributed by atoms with E-state index < -0.39 is 12.0 Å². The van der Waals surface area contributed by atoms with E-state index >= 15 is 0 Å². The Morgan fingerprint density at radius 2 is 2.03 bits per heavy atom. The molecule has 2 aromatic rings. The van der Waals surface area contributed by atoms with E-state index in [-0.39, 0.29) is 12.5 Å². The van der Waals surface area contributed by atoms with Crippen molar-refractivity contribution in [1.82, 2.24) is 4.90 Å². The number of carbonyl (C=O) groups is 2. The zero-order valence-electron chi connectivity index (χ0n) is 19.1. The predicted molar refractivity (Wildman–Crippen MR) is 138 cm³/mol. The van der Waals surface area contributed by atoms with E-state index in [0.29, 0.717) is 21.2 Å². The maximum atomic E-state index is 13.0. The van der Waals surface area contributed by atoms with Gasteiger partial charge in [-0.2, -0.15) is 0 Å². The summed E-state index contributed by atoms with van der Waals surface area (Å²) >= 11 is 6.60. The van der Waals surface area contributed by atoms with Crippen LogP contribution in [0.1, 0.15) is 48.8 Å². The highest BCUT2D eigenvalue weighted by Crippen LogP contribution is 2.52. The number of rotatable bonds is 5. The molecule has 2 aromatic carbocycles. The van der Waals surface area contributed by atoms with Crippen molar-refractivity contribution in [2.45, 2.75) is 50.8 Å². The zero-order chi connectivity index (χ0) is 24.0. The van der Waals surface area contributed by atoms with E-state index in [1.807, 2.05) is 24.3 Å². The number of nitrogens with zero attached hydrogens (tertiary/aromatic N) is 2. The topological polar surface area (TPSA) is 70.1 Å². The van der Waals surface area contributed by atoms with Gasteiger partial charge in [0.2, 0.25) is 0 Å². The van der Waals surface area contributed by atoms with Crippen LogP contribution in [0.4, 0.5) is 11.4 Å². The third-order valence-corrected chi connectivity index (χ3v) is 8.30. The fourth-order valence-corrected chi connectivity index (χ4v) is 6.72. The molecule has 3 aliphatic rings. The van der Waals surface area contributed by atoms with Crippen LogP contribution >= 0.6 is 24.0 Å². The maximum absolute atomic E-state index is 13.0. The fraction of sp³-hybridized carbons (Fsp3) is 0.346. The third kappa shape index (κ3) is 3.83. The lowest BCUT2D eigenvalue weighted by Gasteiger charge is -2.27. The summed E-state index contributed by atoms with van der Waals surface area (Å²) in [7, 11) is 1.30. The summed E-state index contributed by atoms with van der Waals surface area (Å²) < 4.78 is 5.15. The van der Waals surface area contributed by atoms with Gasteiger partial charge in [0, 0.05) is 23.3 Å². The van der Waals surface area contributed by atoms with Crippen LogP contribution in [-0.2, 0) is 20.9 Å². The molecule has 0 aromatic heterocycles. The first kappa shape index (κ1) is 23.1. The second-order valence-electron chi connectivity index (χ2n) is 8.87. The van der Waals surface area contributed by atoms with E-state index in [2.05, 4.69) is 29.2 Å². The van der Waals surface area contributed by atoms with Gasteiger partial charge in [0.15, 0.2) is 0 Å². The Balaban J connectivity index is 1.46. The minimum atomic E-state index is -0.756. The molecule has 0 spiro atoms. The van der Waals surface area contributed by atoms with Gasteiger partial charge < -0.3 is 14.7 Å². The van der Waals surface area contributed by atoms with Crippen molar-refractivity contribution in [1.29, 1.82) is 0 Å². The monoisotopic (exact) mass is 494 g/mol. The maximum Gasteiger partial charge on any atom is 0.328 e. The number of fused-ring (bicyclic) bond motifs is 3. The molecule has 34 heavy (non-hydrogen) atoms. The molecule has 1 N–H and O–H groups in total. The average Bonchev–Trinajstić information content (AvgIpc) is 3.51. The first-order chi connectivity index (χ1) is 16.4. The van der Waals surface area contributed by atoms with Crippen LogP contribution in [0.5, 0.6) is 0 Å². The summed E-state index contributed by atoms with van der Waals surface area (Å²) in [6.07, 6.45) is 5.34. The lowest BCUT2D eigenvalue weighted by molar-refractivity contribution is -0.147. The summed E-state index contributed by atoms with van der Waals surface area (Å²) in [5.41, 5.74) is 5.50. The Kier molecular flexibility index (Phi) is 6.22. The molecule has 1 aliphatic carbocycles. The number of aliphatic hydroxyl groups excluding tert-OH is 1. The molecule has 3 unspecified atom stereocenters. The van der Waals surface area contributed by atoms with Gasteiger partial charge in [-0.25, -0.2) is 4.79 Å². The summed E-state index contributed by atoms with van der Waals surface area (Å²) in [5.74, 6) is -0.304. The number of ether oxygens (including phenoxy) is 1. The number of benzene rings is 2. The van der Waals surface area contributed by atoms with Crippen LogP contribution in [0.15, 0.2) is 47.4 Å². The van der Waals surface area contributed by atoms with Gasteiger partial charge in [-0.1, -0.05) is 48.6 Å². The van der Waals surface area contributed by atoms with Gasteiger partial charge in [0.1, 0.15) is 10.4 Å². The Morgan fingerprint density at radius 3 is 2.74 bits per heavy atom. The first-order valence-electron chi connectivity index (χ1n) is 11.4. The van der Waals surface area contributed by atoms with Crippen LogP contribution in [-0.4, -0.2) is 45.4 Å². The zero-order valence-corrected chi connectivity index (χ0v) is 20.7. The molecule has 176 valence electrons. The average molecular weight is 495 g/mol. The number of aliphatic hydroxyl groups is 1. The van der Waals surface area contributed by atoms with Crippen LogP contribution in [0.3, 0.4) is 0 Å². The number of thioether (sulfide) groups is 1. The van der Waals surface area contributed by atoms with Crippen molar-refractivity contribution in [2.24, 2.45) is 0 Å². The summed E-state index contributed by atoms with van der Waals surface area (Å²) in [6, 6.07) is 14.1. The minimum Gasteiger partial charge on any atom is -0.467 e. The van der Waals surface area contributed by atoms with E-state index in [9.17, 15) is 14.7 Å². The van der Waals surface area contributed by atoms with Crippen LogP contribution in [0.25, 0.3) is 6.08 Å². The highest BCUT2D eigenvalue weighted by Gasteiger charge is 2.42. The Bertz CT molecular complexity index is 1190. The molecule has 2 aliphatic heterocycles. The van der Waals surface area contributed by atoms with Crippen LogP contribution in [0, 0.1) is 0 Å². The van der Waals surface area contributed by atoms with Gasteiger partial charge in [-0.3, -0.25) is 9.69 Å². The van der Waals surface area contributed by atoms with Gasteiger partial charge in [-0.05, 0) is 66.8 Å². The highest BCUT2D eigenvalue weighted by molar-refractivity contribution is 8.26. The highest BCUT2D eigenvalue weighted by atomic mass is 32.2. The minimum absolute atomic E-state index is 0.0386. The molecule has 0 bridgehead atoms. The second kappa shape index (κ2) is 9.17. The molecule has 2 heterocycles. The normalized spacial score (nSPS) is 23.4. The van der Waals surface area contributed by atoms with E-state index in [4.69, 9.17) is 17.0 Å². The number of thiocarbonyl (C=S) groups is 1. The smallest absolute Gasteiger partial charge is 0.328 e. The van der Waals surface area contributed by atoms with Crippen molar-refractivity contribution in [3.8, 4) is 0 Å². The first-order valence-corrected chi connectivity index (χ1v) is 12.6. The van der Waals surface area contributed by atoms with Crippen molar-refractivity contribution in [3.05, 3.63) is 64.1 Å². The van der Waals surface area contributed by atoms with E-state index in [1.165, 1.54) is 41.4 Å². The molecule has 1 saturated heterocycles. The quantitative estimate of drug-likeness (QED) is 0.366. The summed E-state index contributed by atoms with van der Waals surface area (Å²) in [6.45, 7) is 1.66. The van der Waals surface area contributed by atoms with Crippen molar-refractivity contribution < 1.29 is 19.4 Å². The molecule has 0 radical (unpaired) electrons. The molecular formula is C26H26N2O4S2. The van der Waals surface area contributed by atoms with E-state index in [0.717, 1.165) is 29.7 Å². The van der Waals surface area contributed by atoms with Crippen molar-refractivity contribution in [2.75, 3.05) is 12.0 Å². The molecule has 1 saturated carbocycles. The SMILES string of the molecule is COC(=O)C(C)N1C(=O)/C(=C\c2ccc3c(c2)C2CCCC2N3c2ccc(CO)cc2)SC1=S. The van der Waals surface area contributed by atoms with Gasteiger partial charge >= 0.3 is 5.97 Å². The molecule has 1 amide bonds. The number of esters is 1. The number of methoxy groups -OCH3 is 1. The summed E-state index contributed by atoms with van der Waals surface area (Å²) in [4.78, 5) is 29.2. The van der Waals surface area contributed by atoms with Gasteiger partial charge in [0.05, 0.1) is 18.6 Å². The second-order valence-corrected chi connectivity index (χ2v) is 10.5. The van der Waals surface area contributed by atoms with Crippen LogP contribution < -0.4 is 4.90 Å². The Labute approximate surface area is 208 Å². The molecule has 8 heteroatoms. The van der Waals surface area contributed by atoms with Crippen LogP contribution in [0.2, 0.25) is 0 Å². The predicted octanol–water partition coefficient (Wildman–Crippen LogP) is 4.73. The Hall–Kier alpha value is -2.68. The Morgan fingerprint density at radius 1 is 1.26 bits per heavy atom. The van der Waals surface area contributed by atoms with Gasteiger partial charge in [0.25, 0.3) is 5.91 Å². The molecule has 2 fully saturated rings. The molecular weight excluding hydrogens is 468 g/mol. The molecule has 5 rings (SSSR count). The standard InChI is InChI=1S/C26H26N2O4S2/c1-15(25(31)32-2)27-24(30)23(34-26(27)33)13-17-8-11-22-20(12-17)19-4-3-5-21(19)28(22)18-9-6-16(14-29)7-10-18/h6-13,15,19,21,29H,3-5,14H2,1-2H3/b23-13+. The van der Waals surface area contributed by atoms with E-state index in [1.54, 1.807) is 6.92 Å². The summed E-state index contributed by atoms with van der Waals surface area (Å²) in [5, 5.41) is 9.39. The number of carbonyl (C=O) groups excluding carboxylic acids is 2. The lowest BCUT2D eigenvalue weighted by atomic mass is 9.96. The van der Waals surface area contributed by atoms with Gasteiger partial charge in [-0.15, -0.1) is 0 Å².